The molecule has 0 amide bonds. The summed E-state index contributed by atoms with van der Waals surface area (Å²) in [6.07, 6.45) is 1.61. The van der Waals surface area contributed by atoms with Crippen molar-refractivity contribution in [3.63, 3.8) is 0 Å². The van der Waals surface area contributed by atoms with Crippen LogP contribution < -0.4 is 10.1 Å². The third kappa shape index (κ3) is 3.44. The molecule has 0 radical (unpaired) electrons. The maximum atomic E-state index is 13.8. The van der Waals surface area contributed by atoms with Crippen molar-refractivity contribution < 1.29 is 14.1 Å². The third-order valence-corrected chi connectivity index (χ3v) is 2.93. The largest absolute Gasteiger partial charge is 0.484 e. The molecule has 21 heavy (non-hydrogen) atoms. The molecule has 7 heteroatoms. The number of hydrogen-bond donors (Lipinski definition) is 1. The number of hydrogen-bond acceptors (Lipinski definition) is 5. The van der Waals surface area contributed by atoms with Gasteiger partial charge in [0.05, 0.1) is 16.7 Å². The zero-order valence-electron chi connectivity index (χ0n) is 11.6. The van der Waals surface area contributed by atoms with Crippen LogP contribution in [0.2, 0.25) is 0 Å². The van der Waals surface area contributed by atoms with Gasteiger partial charge in [-0.3, -0.25) is 15.1 Å². The lowest BCUT2D eigenvalue weighted by atomic mass is 10.2. The molecule has 110 valence electrons. The highest BCUT2D eigenvalue weighted by atomic mass is 19.1. The fraction of sp³-hybridized carbons (Fsp3) is 0.214. The Morgan fingerprint density at radius 3 is 2.86 bits per heavy atom. The van der Waals surface area contributed by atoms with E-state index in [0.717, 1.165) is 11.8 Å². The number of halogens is 1. The number of nitro groups is 1. The number of nitrogens with zero attached hydrogens (tertiary/aromatic N) is 2. The molecule has 0 aliphatic heterocycles. The average Bonchev–Trinajstić information content (AvgIpc) is 2.47. The van der Waals surface area contributed by atoms with Gasteiger partial charge in [0.15, 0.2) is 11.6 Å². The van der Waals surface area contributed by atoms with Crippen LogP contribution in [-0.2, 0) is 6.61 Å². The fourth-order valence-corrected chi connectivity index (χ4v) is 1.82. The predicted octanol–water partition coefficient (Wildman–Crippen LogP) is 3.06. The van der Waals surface area contributed by atoms with Crippen molar-refractivity contribution in [2.24, 2.45) is 0 Å². The van der Waals surface area contributed by atoms with E-state index in [2.05, 4.69) is 10.3 Å². The first kappa shape index (κ1) is 14.7. The van der Waals surface area contributed by atoms with E-state index in [1.165, 1.54) is 13.0 Å². The first-order valence-electron chi connectivity index (χ1n) is 6.21. The summed E-state index contributed by atoms with van der Waals surface area (Å²) >= 11 is 0. The minimum Gasteiger partial charge on any atom is -0.484 e. The fourth-order valence-electron chi connectivity index (χ4n) is 1.82. The van der Waals surface area contributed by atoms with E-state index in [1.54, 1.807) is 25.4 Å². The lowest BCUT2D eigenvalue weighted by molar-refractivity contribution is -0.385. The molecular formula is C14H14FN3O3. The van der Waals surface area contributed by atoms with Gasteiger partial charge in [0.25, 0.3) is 5.69 Å². The van der Waals surface area contributed by atoms with Crippen LogP contribution in [0.4, 0.5) is 15.8 Å². The third-order valence-electron chi connectivity index (χ3n) is 2.93. The molecule has 1 heterocycles. The first-order chi connectivity index (χ1) is 10.0. The molecule has 0 saturated heterocycles. The number of aryl methyl sites for hydroxylation is 1. The molecule has 0 aliphatic carbocycles. The van der Waals surface area contributed by atoms with Crippen LogP contribution in [0.1, 0.15) is 11.3 Å². The van der Waals surface area contributed by atoms with Crippen molar-refractivity contribution in [2.75, 3.05) is 12.4 Å². The Morgan fingerprint density at radius 2 is 2.19 bits per heavy atom. The number of rotatable bonds is 5. The summed E-state index contributed by atoms with van der Waals surface area (Å²) in [5.74, 6) is -0.799. The van der Waals surface area contributed by atoms with Crippen molar-refractivity contribution in [1.82, 2.24) is 4.98 Å². The van der Waals surface area contributed by atoms with Crippen molar-refractivity contribution in [1.29, 1.82) is 0 Å². The molecule has 1 N–H and O–H groups in total. The van der Waals surface area contributed by atoms with E-state index in [4.69, 9.17) is 4.74 Å². The summed E-state index contributed by atoms with van der Waals surface area (Å²) in [6, 6.07) is 5.74. The Balaban J connectivity index is 2.16. The highest BCUT2D eigenvalue weighted by Gasteiger charge is 2.16. The highest BCUT2D eigenvalue weighted by Crippen LogP contribution is 2.27. The van der Waals surface area contributed by atoms with E-state index in [9.17, 15) is 14.5 Å². The maximum absolute atomic E-state index is 13.8. The normalized spacial score (nSPS) is 10.2. The van der Waals surface area contributed by atoms with Crippen LogP contribution in [0.15, 0.2) is 30.5 Å². The zero-order valence-corrected chi connectivity index (χ0v) is 11.6. The average molecular weight is 291 g/mol. The summed E-state index contributed by atoms with van der Waals surface area (Å²) in [7, 11) is 1.78. The van der Waals surface area contributed by atoms with Gasteiger partial charge in [-0.2, -0.15) is 0 Å². The monoisotopic (exact) mass is 291 g/mol. The standard InChI is InChI=1S/C14H14FN3O3/c1-9-5-14(12(15)7-13(9)18(19)20)21-8-11-6-10(16-2)3-4-17-11/h3-7H,8H2,1-2H3,(H,16,17). The Labute approximate surface area is 120 Å². The van der Waals surface area contributed by atoms with E-state index in [1.807, 2.05) is 0 Å². The lowest BCUT2D eigenvalue weighted by Crippen LogP contribution is -2.02. The van der Waals surface area contributed by atoms with Gasteiger partial charge in [0.1, 0.15) is 6.61 Å². The first-order valence-corrected chi connectivity index (χ1v) is 6.21. The van der Waals surface area contributed by atoms with Gasteiger partial charge < -0.3 is 10.1 Å². The molecule has 6 nitrogen and oxygen atoms in total. The smallest absolute Gasteiger partial charge is 0.275 e. The Morgan fingerprint density at radius 1 is 1.43 bits per heavy atom. The van der Waals surface area contributed by atoms with E-state index in [0.29, 0.717) is 11.3 Å². The number of ether oxygens (including phenoxy) is 1. The highest BCUT2D eigenvalue weighted by molar-refractivity contribution is 5.45. The van der Waals surface area contributed by atoms with Crippen molar-refractivity contribution in [2.45, 2.75) is 13.5 Å². The van der Waals surface area contributed by atoms with Crippen LogP contribution in [0.3, 0.4) is 0 Å². The summed E-state index contributed by atoms with van der Waals surface area (Å²) in [5.41, 5.74) is 1.56. The summed E-state index contributed by atoms with van der Waals surface area (Å²) in [4.78, 5) is 14.2. The van der Waals surface area contributed by atoms with Gasteiger partial charge in [0, 0.05) is 24.5 Å². The minimum absolute atomic E-state index is 0.0326. The second-order valence-corrected chi connectivity index (χ2v) is 4.40. The topological polar surface area (TPSA) is 77.3 Å². The van der Waals surface area contributed by atoms with Gasteiger partial charge in [-0.25, -0.2) is 4.39 Å². The van der Waals surface area contributed by atoms with Crippen LogP contribution in [0.5, 0.6) is 5.75 Å². The van der Waals surface area contributed by atoms with Gasteiger partial charge in [-0.05, 0) is 25.1 Å². The molecule has 2 rings (SSSR count). The molecule has 1 aromatic heterocycles. The minimum atomic E-state index is -0.767. The molecule has 0 spiro atoms. The SMILES string of the molecule is CNc1ccnc(COc2cc(C)c([N+](=O)[O-])cc2F)c1. The van der Waals surface area contributed by atoms with E-state index >= 15 is 0 Å². The lowest BCUT2D eigenvalue weighted by Gasteiger charge is -2.09. The quantitative estimate of drug-likeness (QED) is 0.676. The molecule has 0 fully saturated rings. The molecule has 2 aromatic rings. The molecule has 0 bridgehead atoms. The van der Waals surface area contributed by atoms with Crippen molar-refractivity contribution in [3.05, 3.63) is 57.7 Å². The number of anilines is 1. The maximum Gasteiger partial charge on any atom is 0.275 e. The summed E-state index contributed by atoms with van der Waals surface area (Å²) < 4.78 is 19.1. The van der Waals surface area contributed by atoms with E-state index in [-0.39, 0.29) is 18.0 Å². The van der Waals surface area contributed by atoms with Gasteiger partial charge in [0.2, 0.25) is 0 Å². The summed E-state index contributed by atoms with van der Waals surface area (Å²) in [5, 5.41) is 13.7. The Kier molecular flexibility index (Phi) is 4.32. The zero-order chi connectivity index (χ0) is 15.4. The van der Waals surface area contributed by atoms with Gasteiger partial charge >= 0.3 is 0 Å². The van der Waals surface area contributed by atoms with Crippen LogP contribution in [0.25, 0.3) is 0 Å². The number of pyridine rings is 1. The number of benzene rings is 1. The van der Waals surface area contributed by atoms with Gasteiger partial charge in [-0.15, -0.1) is 0 Å². The molecular weight excluding hydrogens is 277 g/mol. The van der Waals surface area contributed by atoms with Gasteiger partial charge in [-0.1, -0.05) is 0 Å². The molecule has 0 atom stereocenters. The second kappa shape index (κ2) is 6.17. The molecule has 0 aliphatic rings. The molecule has 0 unspecified atom stereocenters. The predicted molar refractivity (Wildman–Crippen MR) is 75.9 cm³/mol. The number of nitro benzene ring substituents is 1. The van der Waals surface area contributed by atoms with Crippen molar-refractivity contribution >= 4 is 11.4 Å². The van der Waals surface area contributed by atoms with Crippen molar-refractivity contribution in [3.8, 4) is 5.75 Å². The van der Waals surface area contributed by atoms with E-state index < -0.39 is 10.7 Å². The van der Waals surface area contributed by atoms with Crippen LogP contribution in [-0.4, -0.2) is 17.0 Å². The number of nitrogens with one attached hydrogen (secondary N) is 1. The second-order valence-electron chi connectivity index (χ2n) is 4.40. The molecule has 0 saturated carbocycles. The van der Waals surface area contributed by atoms with Crippen LogP contribution >= 0.6 is 0 Å². The number of aromatic nitrogens is 1. The Bertz CT molecular complexity index is 677. The molecule has 1 aromatic carbocycles. The van der Waals surface area contributed by atoms with Crippen LogP contribution in [0, 0.1) is 22.9 Å². The Hall–Kier alpha value is -2.70. The summed E-state index contributed by atoms with van der Waals surface area (Å²) in [6.45, 7) is 1.61.